The van der Waals surface area contributed by atoms with Crippen molar-refractivity contribution in [1.29, 1.82) is 0 Å². The molecule has 4 saturated carbocycles. The van der Waals surface area contributed by atoms with Crippen LogP contribution in [0.2, 0.25) is 0 Å². The third kappa shape index (κ3) is 5.02. The quantitative estimate of drug-likeness (QED) is 0.201. The maximum atomic E-state index is 12.7. The smallest absolute Gasteiger partial charge is 0.156 e. The SMILES string of the molecule is O=S(O)C1CCCC2C3NC4NC(NC5NC(NC6NC(NC(N3)C21)C1CCCCC61)C1CCCCC51)C1CCCCC41. The zero-order valence-electron chi connectivity index (χ0n) is 25.7. The molecule has 0 aromatic rings. The molecule has 0 spiro atoms. The second-order valence-corrected chi connectivity index (χ2v) is 17.1. The molecule has 43 heavy (non-hydrogen) atoms. The molecule has 9 aliphatic rings. The molecule has 11 heteroatoms. The molecule has 0 aromatic carbocycles. The van der Waals surface area contributed by atoms with Gasteiger partial charge in [0.15, 0.2) is 11.1 Å². The van der Waals surface area contributed by atoms with E-state index < -0.39 is 11.1 Å². The van der Waals surface area contributed by atoms with Crippen LogP contribution in [0.15, 0.2) is 0 Å². The van der Waals surface area contributed by atoms with Gasteiger partial charge in [0.1, 0.15) is 0 Å². The first-order valence-electron chi connectivity index (χ1n) is 18.3. The van der Waals surface area contributed by atoms with Crippen molar-refractivity contribution in [2.45, 2.75) is 151 Å². The van der Waals surface area contributed by atoms with E-state index in [0.29, 0.717) is 66.1 Å². The van der Waals surface area contributed by atoms with Crippen molar-refractivity contribution in [2.24, 2.45) is 47.3 Å². The summed E-state index contributed by atoms with van der Waals surface area (Å²) in [6.07, 6.45) is 20.7. The fourth-order valence-corrected chi connectivity index (χ4v) is 13.2. The van der Waals surface area contributed by atoms with Crippen LogP contribution in [-0.2, 0) is 11.1 Å². The van der Waals surface area contributed by atoms with Gasteiger partial charge in [0.05, 0.1) is 54.6 Å². The summed E-state index contributed by atoms with van der Waals surface area (Å²) >= 11 is -1.81. The minimum Gasteiger partial charge on any atom is -0.306 e. The predicted octanol–water partition coefficient (Wildman–Crippen LogP) is 1.81. The van der Waals surface area contributed by atoms with Crippen LogP contribution in [0, 0.1) is 47.3 Å². The molecule has 5 saturated heterocycles. The highest BCUT2D eigenvalue weighted by Gasteiger charge is 2.56. The molecule has 5 heterocycles. The Labute approximate surface area is 260 Å². The average molecular weight is 617 g/mol. The van der Waals surface area contributed by atoms with E-state index >= 15 is 0 Å². The Morgan fingerprint density at radius 3 is 0.977 bits per heavy atom. The van der Waals surface area contributed by atoms with E-state index in [1.165, 1.54) is 77.0 Å². The summed E-state index contributed by atoms with van der Waals surface area (Å²) in [7, 11) is 0. The van der Waals surface area contributed by atoms with Gasteiger partial charge in [-0.05, 0) is 92.8 Å². The summed E-state index contributed by atoms with van der Waals surface area (Å²) in [5, 5.41) is 32.8. The Morgan fingerprint density at radius 2 is 0.651 bits per heavy atom. The fourth-order valence-electron chi connectivity index (χ4n) is 12.2. The molecule has 242 valence electrons. The van der Waals surface area contributed by atoms with Crippen LogP contribution in [0.25, 0.3) is 0 Å². The highest BCUT2D eigenvalue weighted by molar-refractivity contribution is 7.79. The van der Waals surface area contributed by atoms with Gasteiger partial charge in [-0.25, -0.2) is 4.21 Å². The molecule has 0 aromatic heterocycles. The zero-order chi connectivity index (χ0) is 28.7. The first-order chi connectivity index (χ1) is 21.1. The van der Waals surface area contributed by atoms with Crippen LogP contribution in [0.1, 0.15) is 96.3 Å². The van der Waals surface area contributed by atoms with Gasteiger partial charge < -0.3 is 4.55 Å². The summed E-state index contributed by atoms with van der Waals surface area (Å²) in [6.45, 7) is 0. The van der Waals surface area contributed by atoms with Crippen LogP contribution >= 0.6 is 0 Å². The summed E-state index contributed by atoms with van der Waals surface area (Å²) in [5.74, 6) is 4.36. The van der Waals surface area contributed by atoms with Gasteiger partial charge in [-0.3, -0.25) is 42.5 Å². The van der Waals surface area contributed by atoms with Crippen LogP contribution in [-0.4, -0.2) is 63.3 Å². The first-order valence-corrected chi connectivity index (χ1v) is 19.5. The molecule has 0 radical (unpaired) electrons. The van der Waals surface area contributed by atoms with Crippen LogP contribution < -0.4 is 42.5 Å². The van der Waals surface area contributed by atoms with Gasteiger partial charge in [0.2, 0.25) is 0 Å². The van der Waals surface area contributed by atoms with Crippen molar-refractivity contribution in [3.05, 3.63) is 0 Å². The van der Waals surface area contributed by atoms with Crippen LogP contribution in [0.4, 0.5) is 0 Å². The van der Waals surface area contributed by atoms with E-state index in [1.807, 2.05) is 0 Å². The Kier molecular flexibility index (Phi) is 7.94. The van der Waals surface area contributed by atoms with Crippen LogP contribution in [0.5, 0.6) is 0 Å². The van der Waals surface area contributed by atoms with E-state index in [0.717, 1.165) is 19.3 Å². The average Bonchev–Trinajstić information content (AvgIpc) is 3.76. The van der Waals surface area contributed by atoms with Crippen molar-refractivity contribution in [2.75, 3.05) is 0 Å². The lowest BCUT2D eigenvalue weighted by Crippen LogP contribution is -2.62. The molecule has 5 aliphatic heterocycles. The summed E-state index contributed by atoms with van der Waals surface area (Å²) in [4.78, 5) is 0. The maximum Gasteiger partial charge on any atom is 0.156 e. The highest BCUT2D eigenvalue weighted by Crippen LogP contribution is 2.46. The van der Waals surface area contributed by atoms with Crippen molar-refractivity contribution < 1.29 is 8.76 Å². The molecule has 18 unspecified atom stereocenters. The lowest BCUT2D eigenvalue weighted by Gasteiger charge is -2.38. The lowest BCUT2D eigenvalue weighted by atomic mass is 9.76. The summed E-state index contributed by atoms with van der Waals surface area (Å²) in [5.41, 5.74) is 0. The monoisotopic (exact) mass is 616 g/mol. The standard InChI is InChI=1S/C32H56N8O2S/c41-43(42)23-15-7-14-22-24(23)32-39-30-21-13-6-5-12-20(21)28(37-30)35-26-17-9-2-1-8-16(17)25(33-26)34-27-18-10-3-4-11-19(18)29(36-27)38-31(22)40-32/h16-40H,1-15H2,(H,41,42). The molecule has 0 amide bonds. The van der Waals surface area contributed by atoms with Gasteiger partial charge in [0, 0.05) is 5.92 Å². The lowest BCUT2D eigenvalue weighted by molar-refractivity contribution is 0.168. The van der Waals surface area contributed by atoms with Crippen molar-refractivity contribution in [3.8, 4) is 0 Å². The molecule has 18 atom stereocenters. The van der Waals surface area contributed by atoms with E-state index in [1.54, 1.807) is 0 Å². The zero-order valence-corrected chi connectivity index (χ0v) is 26.5. The predicted molar refractivity (Wildman–Crippen MR) is 167 cm³/mol. The van der Waals surface area contributed by atoms with E-state index in [2.05, 4.69) is 42.5 Å². The second kappa shape index (κ2) is 11.8. The number of rotatable bonds is 1. The molecule has 9 N–H and O–H groups in total. The molecule has 9 rings (SSSR count). The normalized spacial score (nSPS) is 56.9. The molecular formula is C32H56N8O2S. The molecular weight excluding hydrogens is 560 g/mol. The molecule has 10 nitrogen and oxygen atoms in total. The van der Waals surface area contributed by atoms with Gasteiger partial charge in [0.25, 0.3) is 0 Å². The first kappa shape index (κ1) is 29.0. The minimum absolute atomic E-state index is 0.0322. The number of hydrogen-bond donors (Lipinski definition) is 9. The number of hydrogen-bond acceptors (Lipinski definition) is 9. The Morgan fingerprint density at radius 1 is 0.372 bits per heavy atom. The second-order valence-electron chi connectivity index (χ2n) is 16.0. The van der Waals surface area contributed by atoms with Crippen LogP contribution in [0.3, 0.4) is 0 Å². The Hall–Kier alpha value is -0.210. The number of fused-ring (bicyclic) bond motifs is 20. The Bertz CT molecular complexity index is 1050. The van der Waals surface area contributed by atoms with E-state index in [-0.39, 0.29) is 35.8 Å². The van der Waals surface area contributed by atoms with Gasteiger partial charge >= 0.3 is 0 Å². The van der Waals surface area contributed by atoms with Gasteiger partial charge in [-0.2, -0.15) is 0 Å². The van der Waals surface area contributed by atoms with Crippen molar-refractivity contribution in [3.63, 3.8) is 0 Å². The fraction of sp³-hybridized carbons (Fsp3) is 1.00. The third-order valence-corrected chi connectivity index (χ3v) is 15.2. The van der Waals surface area contributed by atoms with Gasteiger partial charge in [-0.15, -0.1) is 0 Å². The molecule has 8 bridgehead atoms. The molecule has 4 aliphatic carbocycles. The number of nitrogens with one attached hydrogen (secondary N) is 8. The topological polar surface area (TPSA) is 134 Å². The largest absolute Gasteiger partial charge is 0.306 e. The minimum atomic E-state index is -1.81. The maximum absolute atomic E-state index is 12.7. The highest BCUT2D eigenvalue weighted by atomic mass is 32.2. The van der Waals surface area contributed by atoms with E-state index in [4.69, 9.17) is 0 Å². The Balaban J connectivity index is 1.07. The third-order valence-electron chi connectivity index (χ3n) is 14.1. The van der Waals surface area contributed by atoms with Crippen molar-refractivity contribution >= 4 is 11.1 Å². The summed E-state index contributed by atoms with van der Waals surface area (Å²) < 4.78 is 23.2. The van der Waals surface area contributed by atoms with Gasteiger partial charge in [-0.1, -0.05) is 44.9 Å². The van der Waals surface area contributed by atoms with Crippen molar-refractivity contribution in [1.82, 2.24) is 42.5 Å². The van der Waals surface area contributed by atoms with E-state index in [9.17, 15) is 8.76 Å². The molecule has 9 fully saturated rings. The summed E-state index contributed by atoms with van der Waals surface area (Å²) in [6, 6.07) is 0.